The highest BCUT2D eigenvalue weighted by atomic mass is 16.7. The van der Waals surface area contributed by atoms with Gasteiger partial charge in [-0.15, -0.1) is 0 Å². The fourth-order valence-electron chi connectivity index (χ4n) is 8.77. The Kier molecular flexibility index (Phi) is 10.1. The fraction of sp³-hybridized carbons (Fsp3) is 0.143. The molecule has 8 aromatic carbocycles. The summed E-state index contributed by atoms with van der Waals surface area (Å²) in [4.78, 5) is 0. The summed E-state index contributed by atoms with van der Waals surface area (Å²) in [6.07, 6.45) is 0.721. The van der Waals surface area contributed by atoms with Crippen LogP contribution in [0.3, 0.4) is 0 Å². The summed E-state index contributed by atoms with van der Waals surface area (Å²) in [7, 11) is 0. The summed E-state index contributed by atoms with van der Waals surface area (Å²) >= 11 is 0. The van der Waals surface area contributed by atoms with E-state index in [9.17, 15) is 0 Å². The minimum Gasteiger partial charge on any atom is -0.493 e. The molecule has 0 fully saturated rings. The van der Waals surface area contributed by atoms with E-state index in [2.05, 4.69) is 163 Å². The Morgan fingerprint density at radius 2 is 0.919 bits per heavy atom. The molecule has 0 radical (unpaired) electrons. The van der Waals surface area contributed by atoms with Gasteiger partial charge in [0.1, 0.15) is 17.2 Å². The largest absolute Gasteiger partial charge is 0.493 e. The van der Waals surface area contributed by atoms with Crippen molar-refractivity contribution in [1.82, 2.24) is 9.13 Å². The molecule has 10 rings (SSSR count). The van der Waals surface area contributed by atoms with Gasteiger partial charge in [0.05, 0.1) is 46.7 Å². The Hall–Kier alpha value is -7.44. The highest BCUT2D eigenvalue weighted by molar-refractivity contribution is 6.10. The number of fused-ring (bicyclic) bond motifs is 6. The molecule has 2 aromatic heterocycles. The molecule has 6 heteroatoms. The summed E-state index contributed by atoms with van der Waals surface area (Å²) in [5, 5.41) is 4.72. The standard InChI is InChI=1S/C56H48N2O4/c1-38-31-32-54(51(36-38)57-47-26-13-8-21-41(47)42-22-9-14-27-48(42)57)61-56(3,4)62-55-46(45-25-12-17-30-53(45)60-34-18-33-59-40-19-6-5-7-20-40)35-39(2)37-52(55)58-49-28-15-10-23-43(49)44-24-11-16-29-50(44)58/h5-17,19-32,35-37H,18,33-34H2,1-4H3. The smallest absolute Gasteiger partial charge is 0.246 e. The normalized spacial score (nSPS) is 11.7. The Balaban J connectivity index is 1.09. The molecule has 0 N–H and O–H groups in total. The van der Waals surface area contributed by atoms with Gasteiger partial charge >= 0.3 is 0 Å². The van der Waals surface area contributed by atoms with Crippen molar-refractivity contribution < 1.29 is 18.9 Å². The minimum absolute atomic E-state index is 0.485. The zero-order valence-electron chi connectivity index (χ0n) is 35.5. The number of hydrogen-bond acceptors (Lipinski definition) is 4. The monoisotopic (exact) mass is 812 g/mol. The van der Waals surface area contributed by atoms with Gasteiger partial charge in [-0.05, 0) is 91.7 Å². The van der Waals surface area contributed by atoms with Crippen molar-refractivity contribution in [3.63, 3.8) is 0 Å². The third kappa shape index (κ3) is 7.28. The third-order valence-electron chi connectivity index (χ3n) is 11.4. The van der Waals surface area contributed by atoms with Gasteiger partial charge < -0.3 is 28.1 Å². The number of ether oxygens (including phenoxy) is 4. The zero-order valence-corrected chi connectivity index (χ0v) is 35.5. The van der Waals surface area contributed by atoms with Gasteiger partial charge in [-0.3, -0.25) is 0 Å². The van der Waals surface area contributed by atoms with Gasteiger partial charge in [0.25, 0.3) is 0 Å². The maximum absolute atomic E-state index is 7.40. The summed E-state index contributed by atoms with van der Waals surface area (Å²) in [6, 6.07) is 63.1. The summed E-state index contributed by atoms with van der Waals surface area (Å²) < 4.78 is 31.7. The van der Waals surface area contributed by atoms with Gasteiger partial charge in [0.15, 0.2) is 5.75 Å². The summed E-state index contributed by atoms with van der Waals surface area (Å²) in [5.74, 6) is 1.85. The topological polar surface area (TPSA) is 46.8 Å². The van der Waals surface area contributed by atoms with E-state index in [1.165, 1.54) is 21.5 Å². The molecule has 0 aliphatic carbocycles. The predicted molar refractivity (Wildman–Crippen MR) is 254 cm³/mol. The lowest BCUT2D eigenvalue weighted by atomic mass is 9.99. The van der Waals surface area contributed by atoms with E-state index in [1.807, 2.05) is 56.3 Å². The molecule has 0 atom stereocenters. The first kappa shape index (κ1) is 38.7. The molecular weight excluding hydrogens is 765 g/mol. The molecule has 2 heterocycles. The second-order valence-corrected chi connectivity index (χ2v) is 16.3. The van der Waals surface area contributed by atoms with Crippen LogP contribution in [0.4, 0.5) is 0 Å². The first-order valence-corrected chi connectivity index (χ1v) is 21.3. The average Bonchev–Trinajstić information content (AvgIpc) is 3.81. The van der Waals surface area contributed by atoms with Crippen LogP contribution in [0.25, 0.3) is 66.1 Å². The quantitative estimate of drug-likeness (QED) is 0.0859. The molecule has 0 saturated heterocycles. The lowest BCUT2D eigenvalue weighted by Crippen LogP contribution is -2.36. The molecule has 0 bridgehead atoms. The first-order valence-electron chi connectivity index (χ1n) is 21.3. The molecular formula is C56H48N2O4. The van der Waals surface area contributed by atoms with Crippen molar-refractivity contribution in [1.29, 1.82) is 0 Å². The molecule has 0 saturated carbocycles. The summed E-state index contributed by atoms with van der Waals surface area (Å²) in [5.41, 5.74) is 10.3. The molecule has 306 valence electrons. The first-order chi connectivity index (χ1) is 30.3. The van der Waals surface area contributed by atoms with E-state index >= 15 is 0 Å². The molecule has 0 spiro atoms. The third-order valence-corrected chi connectivity index (χ3v) is 11.4. The SMILES string of the molecule is Cc1ccc(OC(C)(C)Oc2c(-c3ccccc3OCCCOc3ccccc3)cc(C)cc2-n2c3ccccc3c3ccccc32)c(-n2c3ccccc3c3ccccc32)c1. The van der Waals surface area contributed by atoms with Gasteiger partial charge in [-0.1, -0.05) is 115 Å². The van der Waals surface area contributed by atoms with Crippen LogP contribution in [0.15, 0.2) is 182 Å². The van der Waals surface area contributed by atoms with E-state index in [0.29, 0.717) is 24.7 Å². The Morgan fingerprint density at radius 1 is 0.419 bits per heavy atom. The number of aromatic nitrogens is 2. The van der Waals surface area contributed by atoms with Crippen LogP contribution >= 0.6 is 0 Å². The highest BCUT2D eigenvalue weighted by Gasteiger charge is 2.30. The maximum Gasteiger partial charge on any atom is 0.246 e. The predicted octanol–water partition coefficient (Wildman–Crippen LogP) is 14.2. The fourth-order valence-corrected chi connectivity index (χ4v) is 8.77. The van der Waals surface area contributed by atoms with Crippen LogP contribution in [0.5, 0.6) is 23.0 Å². The number of aryl methyl sites for hydroxylation is 2. The molecule has 0 unspecified atom stereocenters. The molecule has 6 nitrogen and oxygen atoms in total. The minimum atomic E-state index is -1.16. The number of rotatable bonds is 13. The lowest BCUT2D eigenvalue weighted by Gasteiger charge is -2.31. The number of para-hydroxylation sites is 6. The molecule has 10 aromatic rings. The Bertz CT molecular complexity index is 3130. The van der Waals surface area contributed by atoms with Crippen molar-refractivity contribution in [3.05, 3.63) is 193 Å². The van der Waals surface area contributed by atoms with Crippen LogP contribution in [0.1, 0.15) is 31.4 Å². The summed E-state index contributed by atoms with van der Waals surface area (Å²) in [6.45, 7) is 9.29. The maximum atomic E-state index is 7.40. The molecule has 0 aliphatic heterocycles. The van der Waals surface area contributed by atoms with Crippen molar-refractivity contribution >= 4 is 43.6 Å². The molecule has 0 aliphatic rings. The van der Waals surface area contributed by atoms with E-state index in [-0.39, 0.29) is 0 Å². The van der Waals surface area contributed by atoms with E-state index in [1.54, 1.807) is 0 Å². The van der Waals surface area contributed by atoms with Gasteiger partial charge in [-0.2, -0.15) is 0 Å². The van der Waals surface area contributed by atoms with Gasteiger partial charge in [0, 0.05) is 52.9 Å². The highest BCUT2D eigenvalue weighted by Crippen LogP contribution is 2.46. The van der Waals surface area contributed by atoms with Crippen LogP contribution in [0, 0.1) is 13.8 Å². The number of benzene rings is 8. The zero-order chi connectivity index (χ0) is 42.2. The molecule has 62 heavy (non-hydrogen) atoms. The van der Waals surface area contributed by atoms with Crippen LogP contribution in [0.2, 0.25) is 0 Å². The molecule has 0 amide bonds. The van der Waals surface area contributed by atoms with Gasteiger partial charge in [-0.25, -0.2) is 0 Å². The van der Waals surface area contributed by atoms with Crippen molar-refractivity contribution in [3.8, 4) is 45.5 Å². The Labute approximate surface area is 362 Å². The van der Waals surface area contributed by atoms with E-state index in [0.717, 1.165) is 73.6 Å². The van der Waals surface area contributed by atoms with E-state index in [4.69, 9.17) is 18.9 Å². The second-order valence-electron chi connectivity index (χ2n) is 16.3. The number of nitrogens with zero attached hydrogens (tertiary/aromatic N) is 2. The Morgan fingerprint density at radius 3 is 1.53 bits per heavy atom. The second kappa shape index (κ2) is 16.2. The van der Waals surface area contributed by atoms with Crippen molar-refractivity contribution in [2.45, 2.75) is 39.9 Å². The van der Waals surface area contributed by atoms with Crippen LogP contribution < -0.4 is 18.9 Å². The van der Waals surface area contributed by atoms with Crippen LogP contribution in [-0.2, 0) is 0 Å². The lowest BCUT2D eigenvalue weighted by molar-refractivity contribution is -0.0805. The average molecular weight is 813 g/mol. The van der Waals surface area contributed by atoms with Gasteiger partial charge in [0.2, 0.25) is 5.79 Å². The van der Waals surface area contributed by atoms with E-state index < -0.39 is 5.79 Å². The number of hydrogen-bond donors (Lipinski definition) is 0. The van der Waals surface area contributed by atoms with Crippen LogP contribution in [-0.4, -0.2) is 28.1 Å². The van der Waals surface area contributed by atoms with Crippen molar-refractivity contribution in [2.75, 3.05) is 13.2 Å². The van der Waals surface area contributed by atoms with Crippen molar-refractivity contribution in [2.24, 2.45) is 0 Å².